The van der Waals surface area contributed by atoms with Crippen molar-refractivity contribution in [3.8, 4) is 5.75 Å². The van der Waals surface area contributed by atoms with Gasteiger partial charge in [-0.1, -0.05) is 52.5 Å². The van der Waals surface area contributed by atoms with Crippen LogP contribution in [0.15, 0.2) is 35.4 Å². The Morgan fingerprint density at radius 3 is 2.45 bits per heavy atom. The van der Waals surface area contributed by atoms with Gasteiger partial charge in [-0.25, -0.2) is 0 Å². The standard InChI is InChI=1S/C15H10Cl4N2O/c16-7-1-2-9(11(18)4-7)13-6-14(21-20-13)10-3-8(17)5-12(19)15(10)22/h1-5,13,20,22H,6H2/t13-/m1/s1. The van der Waals surface area contributed by atoms with Crippen LogP contribution >= 0.6 is 46.4 Å². The number of rotatable bonds is 2. The Labute approximate surface area is 147 Å². The fraction of sp³-hybridized carbons (Fsp3) is 0.133. The third-order valence-electron chi connectivity index (χ3n) is 3.43. The van der Waals surface area contributed by atoms with Gasteiger partial charge in [-0.15, -0.1) is 0 Å². The molecule has 0 spiro atoms. The van der Waals surface area contributed by atoms with Gasteiger partial charge in [0.15, 0.2) is 0 Å². The molecule has 1 atom stereocenters. The smallest absolute Gasteiger partial charge is 0.143 e. The van der Waals surface area contributed by atoms with E-state index in [1.165, 1.54) is 6.07 Å². The summed E-state index contributed by atoms with van der Waals surface area (Å²) in [6.45, 7) is 0. The van der Waals surface area contributed by atoms with E-state index in [2.05, 4.69) is 10.5 Å². The normalized spacial score (nSPS) is 17.3. The highest BCUT2D eigenvalue weighted by atomic mass is 35.5. The molecule has 0 saturated carbocycles. The van der Waals surface area contributed by atoms with Gasteiger partial charge < -0.3 is 10.5 Å². The molecule has 0 aliphatic carbocycles. The minimum atomic E-state index is -0.100. The zero-order valence-electron chi connectivity index (χ0n) is 11.1. The second-order valence-electron chi connectivity index (χ2n) is 4.89. The molecule has 1 aliphatic heterocycles. The quantitative estimate of drug-likeness (QED) is 0.733. The van der Waals surface area contributed by atoms with Crippen LogP contribution in [0.25, 0.3) is 0 Å². The van der Waals surface area contributed by atoms with E-state index in [4.69, 9.17) is 46.4 Å². The van der Waals surface area contributed by atoms with E-state index in [-0.39, 0.29) is 16.8 Å². The van der Waals surface area contributed by atoms with Gasteiger partial charge in [0.1, 0.15) is 5.75 Å². The molecule has 1 aliphatic rings. The number of halogens is 4. The molecule has 3 rings (SSSR count). The molecule has 0 unspecified atom stereocenters. The van der Waals surface area contributed by atoms with Gasteiger partial charge in [0.25, 0.3) is 0 Å². The van der Waals surface area contributed by atoms with Gasteiger partial charge in [-0.2, -0.15) is 5.10 Å². The number of hydrogen-bond donors (Lipinski definition) is 2. The van der Waals surface area contributed by atoms with Gasteiger partial charge in [0, 0.05) is 27.1 Å². The highest BCUT2D eigenvalue weighted by molar-refractivity contribution is 6.36. The molecule has 7 heteroatoms. The SMILES string of the molecule is Oc1c(Cl)cc(Cl)cc1C1=NN[C@@H](c2ccc(Cl)cc2Cl)C1. The summed E-state index contributed by atoms with van der Waals surface area (Å²) in [7, 11) is 0. The minimum Gasteiger partial charge on any atom is -0.506 e. The monoisotopic (exact) mass is 374 g/mol. The van der Waals surface area contributed by atoms with Crippen LogP contribution in [0.5, 0.6) is 5.75 Å². The third-order valence-corrected chi connectivity index (χ3v) is 4.50. The summed E-state index contributed by atoms with van der Waals surface area (Å²) >= 11 is 24.1. The maximum absolute atomic E-state index is 10.1. The Balaban J connectivity index is 1.89. The molecule has 0 fully saturated rings. The van der Waals surface area contributed by atoms with Gasteiger partial charge in [-0.05, 0) is 29.8 Å². The number of phenols is 1. The molecule has 0 saturated heterocycles. The van der Waals surface area contributed by atoms with Crippen LogP contribution in [0.4, 0.5) is 0 Å². The lowest BCUT2D eigenvalue weighted by Crippen LogP contribution is -2.10. The topological polar surface area (TPSA) is 44.6 Å². The maximum atomic E-state index is 10.1. The van der Waals surface area contributed by atoms with Crippen LogP contribution in [0.1, 0.15) is 23.6 Å². The number of benzene rings is 2. The van der Waals surface area contributed by atoms with Crippen molar-refractivity contribution in [1.82, 2.24) is 5.43 Å². The van der Waals surface area contributed by atoms with E-state index < -0.39 is 0 Å². The van der Waals surface area contributed by atoms with E-state index >= 15 is 0 Å². The summed E-state index contributed by atoms with van der Waals surface area (Å²) in [5.41, 5.74) is 5.07. The molecule has 0 amide bonds. The van der Waals surface area contributed by atoms with Gasteiger partial charge in [0.2, 0.25) is 0 Å². The fourth-order valence-corrected chi connectivity index (χ4v) is 3.39. The average Bonchev–Trinajstić information content (AvgIpc) is 2.92. The predicted molar refractivity (Wildman–Crippen MR) is 91.6 cm³/mol. The van der Waals surface area contributed by atoms with Crippen molar-refractivity contribution in [1.29, 1.82) is 0 Å². The summed E-state index contributed by atoms with van der Waals surface area (Å²) in [5.74, 6) is -0.0329. The molecule has 3 nitrogen and oxygen atoms in total. The maximum Gasteiger partial charge on any atom is 0.143 e. The number of nitrogens with one attached hydrogen (secondary N) is 1. The first kappa shape index (κ1) is 15.8. The molecule has 2 aromatic carbocycles. The van der Waals surface area contributed by atoms with Crippen LogP contribution in [0.2, 0.25) is 20.1 Å². The van der Waals surface area contributed by atoms with E-state index in [0.717, 1.165) is 5.56 Å². The summed E-state index contributed by atoms with van der Waals surface area (Å²) in [4.78, 5) is 0. The van der Waals surface area contributed by atoms with E-state index in [0.29, 0.717) is 32.8 Å². The third kappa shape index (κ3) is 2.99. The zero-order valence-corrected chi connectivity index (χ0v) is 14.1. The van der Waals surface area contributed by atoms with Crippen molar-refractivity contribution in [3.05, 3.63) is 61.5 Å². The zero-order chi connectivity index (χ0) is 15.9. The first-order valence-corrected chi connectivity index (χ1v) is 7.92. The second kappa shape index (κ2) is 6.17. The average molecular weight is 376 g/mol. The molecular formula is C15H10Cl4N2O. The summed E-state index contributed by atoms with van der Waals surface area (Å²) in [6, 6.07) is 8.33. The Morgan fingerprint density at radius 2 is 1.73 bits per heavy atom. The number of hydrazone groups is 1. The van der Waals surface area contributed by atoms with Crippen LogP contribution < -0.4 is 5.43 Å². The highest BCUT2D eigenvalue weighted by Crippen LogP contribution is 2.36. The number of nitrogens with zero attached hydrogens (tertiary/aromatic N) is 1. The Morgan fingerprint density at radius 1 is 1.00 bits per heavy atom. The molecular weight excluding hydrogens is 366 g/mol. The first-order chi connectivity index (χ1) is 10.5. The van der Waals surface area contributed by atoms with Crippen molar-refractivity contribution < 1.29 is 5.11 Å². The van der Waals surface area contributed by atoms with Crippen molar-refractivity contribution in [2.24, 2.45) is 5.10 Å². The molecule has 0 bridgehead atoms. The van der Waals surface area contributed by atoms with Crippen LogP contribution in [-0.4, -0.2) is 10.8 Å². The molecule has 0 radical (unpaired) electrons. The largest absolute Gasteiger partial charge is 0.506 e. The summed E-state index contributed by atoms with van der Waals surface area (Å²) in [5, 5.41) is 16.1. The lowest BCUT2D eigenvalue weighted by molar-refractivity contribution is 0.474. The molecule has 114 valence electrons. The van der Waals surface area contributed by atoms with Crippen molar-refractivity contribution in [2.75, 3.05) is 0 Å². The molecule has 1 heterocycles. The predicted octanol–water partition coefficient (Wildman–Crippen LogP) is 5.44. The first-order valence-electron chi connectivity index (χ1n) is 6.41. The summed E-state index contributed by atoms with van der Waals surface area (Å²) in [6.07, 6.45) is 0.547. The van der Waals surface area contributed by atoms with Crippen LogP contribution in [0.3, 0.4) is 0 Å². The molecule has 0 aromatic heterocycles. The minimum absolute atomic E-state index is 0.0329. The summed E-state index contributed by atoms with van der Waals surface area (Å²) < 4.78 is 0. The number of phenolic OH excluding ortho intramolecular Hbond substituents is 1. The molecule has 2 N–H and O–H groups in total. The van der Waals surface area contributed by atoms with Crippen LogP contribution in [-0.2, 0) is 0 Å². The Bertz CT molecular complexity index is 776. The van der Waals surface area contributed by atoms with Crippen molar-refractivity contribution >= 4 is 52.1 Å². The molecule has 22 heavy (non-hydrogen) atoms. The van der Waals surface area contributed by atoms with Gasteiger partial charge in [-0.3, -0.25) is 0 Å². The van der Waals surface area contributed by atoms with Gasteiger partial charge in [0.05, 0.1) is 16.8 Å². The van der Waals surface area contributed by atoms with Crippen molar-refractivity contribution in [2.45, 2.75) is 12.5 Å². The highest BCUT2D eigenvalue weighted by Gasteiger charge is 2.25. The number of aromatic hydroxyl groups is 1. The van der Waals surface area contributed by atoms with E-state index in [1.807, 2.05) is 6.07 Å². The lowest BCUT2D eigenvalue weighted by atomic mass is 9.98. The van der Waals surface area contributed by atoms with Crippen molar-refractivity contribution in [3.63, 3.8) is 0 Å². The lowest BCUT2D eigenvalue weighted by Gasteiger charge is -2.12. The number of hydrogen-bond acceptors (Lipinski definition) is 3. The molecule has 2 aromatic rings. The Hall–Kier alpha value is -1.13. The second-order valence-corrected chi connectivity index (χ2v) is 6.58. The Kier molecular flexibility index (Phi) is 4.42. The van der Waals surface area contributed by atoms with Crippen LogP contribution in [0, 0.1) is 0 Å². The van der Waals surface area contributed by atoms with E-state index in [9.17, 15) is 5.11 Å². The fourth-order valence-electron chi connectivity index (χ4n) is 2.36. The van der Waals surface area contributed by atoms with Gasteiger partial charge >= 0.3 is 0 Å². The van der Waals surface area contributed by atoms with E-state index in [1.54, 1.807) is 18.2 Å².